The van der Waals surface area contributed by atoms with E-state index in [1.165, 1.54) is 5.56 Å². The molecule has 0 radical (unpaired) electrons. The van der Waals surface area contributed by atoms with Crippen LogP contribution in [0, 0.1) is 0 Å². The van der Waals surface area contributed by atoms with Crippen LogP contribution in [0.5, 0.6) is 0 Å². The SMILES string of the molecule is NNC1CCOC(c2ccccc2)C1. The Balaban J connectivity index is 2.04. The second-order valence-electron chi connectivity index (χ2n) is 3.66. The first-order chi connectivity index (χ1) is 6.90. The molecule has 3 nitrogen and oxygen atoms in total. The molecule has 1 fully saturated rings. The highest BCUT2D eigenvalue weighted by Crippen LogP contribution is 2.27. The smallest absolute Gasteiger partial charge is 0.0840 e. The van der Waals surface area contributed by atoms with Crippen LogP contribution in [-0.4, -0.2) is 12.6 Å². The van der Waals surface area contributed by atoms with Gasteiger partial charge in [0.15, 0.2) is 0 Å². The highest BCUT2D eigenvalue weighted by Gasteiger charge is 2.22. The Kier molecular flexibility index (Phi) is 3.14. The number of rotatable bonds is 2. The lowest BCUT2D eigenvalue weighted by Gasteiger charge is -2.29. The Morgan fingerprint density at radius 2 is 2.07 bits per heavy atom. The van der Waals surface area contributed by atoms with Gasteiger partial charge < -0.3 is 4.74 Å². The fourth-order valence-corrected chi connectivity index (χ4v) is 1.85. The van der Waals surface area contributed by atoms with Crippen molar-refractivity contribution in [3.63, 3.8) is 0 Å². The molecule has 14 heavy (non-hydrogen) atoms. The van der Waals surface area contributed by atoms with Gasteiger partial charge >= 0.3 is 0 Å². The zero-order valence-corrected chi connectivity index (χ0v) is 8.15. The summed E-state index contributed by atoms with van der Waals surface area (Å²) in [6.45, 7) is 0.786. The van der Waals surface area contributed by atoms with Crippen LogP contribution >= 0.6 is 0 Å². The van der Waals surface area contributed by atoms with Crippen molar-refractivity contribution in [2.75, 3.05) is 6.61 Å². The first kappa shape index (κ1) is 9.65. The van der Waals surface area contributed by atoms with E-state index in [1.54, 1.807) is 0 Å². The highest BCUT2D eigenvalue weighted by molar-refractivity contribution is 5.18. The molecular formula is C11H16N2O. The van der Waals surface area contributed by atoms with Crippen molar-refractivity contribution in [3.05, 3.63) is 35.9 Å². The molecule has 3 heteroatoms. The van der Waals surface area contributed by atoms with Gasteiger partial charge in [-0.15, -0.1) is 0 Å². The summed E-state index contributed by atoms with van der Waals surface area (Å²) in [6, 6.07) is 10.7. The molecule has 0 amide bonds. The van der Waals surface area contributed by atoms with E-state index in [0.29, 0.717) is 6.04 Å². The van der Waals surface area contributed by atoms with E-state index in [0.717, 1.165) is 19.4 Å². The third-order valence-corrected chi connectivity index (χ3v) is 2.69. The standard InChI is InChI=1S/C11H16N2O/c12-13-10-6-7-14-11(8-10)9-4-2-1-3-5-9/h1-5,10-11,13H,6-8,12H2. The number of hydrazine groups is 1. The second-order valence-corrected chi connectivity index (χ2v) is 3.66. The molecule has 1 saturated heterocycles. The van der Waals surface area contributed by atoms with Gasteiger partial charge in [0.1, 0.15) is 0 Å². The molecule has 1 heterocycles. The second kappa shape index (κ2) is 4.55. The molecule has 2 unspecified atom stereocenters. The average Bonchev–Trinajstić information content (AvgIpc) is 2.30. The third kappa shape index (κ3) is 2.12. The molecule has 0 spiro atoms. The number of ether oxygens (including phenoxy) is 1. The zero-order valence-electron chi connectivity index (χ0n) is 8.15. The first-order valence-corrected chi connectivity index (χ1v) is 5.03. The first-order valence-electron chi connectivity index (χ1n) is 5.03. The molecular weight excluding hydrogens is 176 g/mol. The molecule has 76 valence electrons. The van der Waals surface area contributed by atoms with Gasteiger partial charge in [-0.3, -0.25) is 11.3 Å². The lowest BCUT2D eigenvalue weighted by molar-refractivity contribution is 0.000293. The molecule has 1 aliphatic heterocycles. The Bertz CT molecular complexity index is 276. The Morgan fingerprint density at radius 3 is 2.79 bits per heavy atom. The summed E-state index contributed by atoms with van der Waals surface area (Å²) in [5.41, 5.74) is 4.07. The summed E-state index contributed by atoms with van der Waals surface area (Å²) < 4.78 is 5.70. The lowest BCUT2D eigenvalue weighted by Crippen LogP contribution is -2.40. The fourth-order valence-electron chi connectivity index (χ4n) is 1.85. The minimum Gasteiger partial charge on any atom is -0.373 e. The highest BCUT2D eigenvalue weighted by atomic mass is 16.5. The van der Waals surface area contributed by atoms with Crippen molar-refractivity contribution in [2.45, 2.75) is 25.0 Å². The van der Waals surface area contributed by atoms with Crippen LogP contribution < -0.4 is 11.3 Å². The number of hydrogen-bond donors (Lipinski definition) is 2. The summed E-state index contributed by atoms with van der Waals surface area (Å²) in [5.74, 6) is 5.44. The maximum atomic E-state index is 5.70. The molecule has 0 saturated carbocycles. The molecule has 3 N–H and O–H groups in total. The van der Waals surface area contributed by atoms with Gasteiger partial charge in [-0.25, -0.2) is 0 Å². The van der Waals surface area contributed by atoms with Crippen molar-refractivity contribution in [3.8, 4) is 0 Å². The van der Waals surface area contributed by atoms with Crippen LogP contribution in [0.3, 0.4) is 0 Å². The Hall–Kier alpha value is -0.900. The fraction of sp³-hybridized carbons (Fsp3) is 0.455. The molecule has 1 aliphatic rings. The average molecular weight is 192 g/mol. The van der Waals surface area contributed by atoms with Gasteiger partial charge in [-0.2, -0.15) is 0 Å². The van der Waals surface area contributed by atoms with Crippen LogP contribution in [0.2, 0.25) is 0 Å². The molecule has 0 aromatic heterocycles. The number of benzene rings is 1. The molecule has 0 aliphatic carbocycles. The van der Waals surface area contributed by atoms with E-state index in [2.05, 4.69) is 17.6 Å². The minimum absolute atomic E-state index is 0.200. The van der Waals surface area contributed by atoms with Crippen molar-refractivity contribution < 1.29 is 4.74 Å². The quantitative estimate of drug-likeness (QED) is 0.549. The van der Waals surface area contributed by atoms with Crippen LogP contribution in [0.25, 0.3) is 0 Å². The van der Waals surface area contributed by atoms with Crippen molar-refractivity contribution in [1.29, 1.82) is 0 Å². The van der Waals surface area contributed by atoms with Gasteiger partial charge in [0.05, 0.1) is 6.10 Å². The van der Waals surface area contributed by atoms with Gasteiger partial charge in [-0.1, -0.05) is 30.3 Å². The van der Waals surface area contributed by atoms with E-state index in [1.807, 2.05) is 18.2 Å². The van der Waals surface area contributed by atoms with Gasteiger partial charge in [-0.05, 0) is 18.4 Å². The molecule has 2 rings (SSSR count). The number of nitrogens with one attached hydrogen (secondary N) is 1. The number of nitrogens with two attached hydrogens (primary N) is 1. The van der Waals surface area contributed by atoms with Gasteiger partial charge in [0.25, 0.3) is 0 Å². The van der Waals surface area contributed by atoms with Crippen molar-refractivity contribution in [2.24, 2.45) is 5.84 Å². The predicted molar refractivity (Wildman–Crippen MR) is 55.5 cm³/mol. The van der Waals surface area contributed by atoms with Gasteiger partial charge in [0.2, 0.25) is 0 Å². The summed E-state index contributed by atoms with van der Waals surface area (Å²) in [7, 11) is 0. The van der Waals surface area contributed by atoms with Crippen molar-refractivity contribution in [1.82, 2.24) is 5.43 Å². The van der Waals surface area contributed by atoms with E-state index in [-0.39, 0.29) is 6.10 Å². The molecule has 2 atom stereocenters. The summed E-state index contributed by atoms with van der Waals surface area (Å²) in [4.78, 5) is 0. The van der Waals surface area contributed by atoms with E-state index in [4.69, 9.17) is 10.6 Å². The van der Waals surface area contributed by atoms with Crippen LogP contribution in [0.4, 0.5) is 0 Å². The Labute approximate surface area is 84.2 Å². The minimum atomic E-state index is 0.200. The van der Waals surface area contributed by atoms with Crippen LogP contribution in [0.1, 0.15) is 24.5 Å². The Morgan fingerprint density at radius 1 is 1.29 bits per heavy atom. The third-order valence-electron chi connectivity index (χ3n) is 2.69. The van der Waals surface area contributed by atoms with Crippen LogP contribution in [-0.2, 0) is 4.74 Å². The normalized spacial score (nSPS) is 27.5. The topological polar surface area (TPSA) is 47.3 Å². The van der Waals surface area contributed by atoms with E-state index < -0.39 is 0 Å². The van der Waals surface area contributed by atoms with Gasteiger partial charge in [0, 0.05) is 12.6 Å². The van der Waals surface area contributed by atoms with Crippen LogP contribution in [0.15, 0.2) is 30.3 Å². The van der Waals surface area contributed by atoms with E-state index in [9.17, 15) is 0 Å². The summed E-state index contributed by atoms with van der Waals surface area (Å²) in [6.07, 6.45) is 2.16. The van der Waals surface area contributed by atoms with Crippen molar-refractivity contribution >= 4 is 0 Å². The molecule has 1 aromatic carbocycles. The largest absolute Gasteiger partial charge is 0.373 e. The molecule has 0 bridgehead atoms. The molecule has 1 aromatic rings. The van der Waals surface area contributed by atoms with E-state index >= 15 is 0 Å². The maximum absolute atomic E-state index is 5.70. The summed E-state index contributed by atoms with van der Waals surface area (Å²) >= 11 is 0. The lowest BCUT2D eigenvalue weighted by atomic mass is 9.98. The zero-order chi connectivity index (χ0) is 9.80. The predicted octanol–water partition coefficient (Wildman–Crippen LogP) is 1.37. The monoisotopic (exact) mass is 192 g/mol. The number of hydrogen-bond acceptors (Lipinski definition) is 3. The summed E-state index contributed by atoms with van der Waals surface area (Å²) in [5, 5.41) is 0. The maximum Gasteiger partial charge on any atom is 0.0840 e.